The normalized spacial score (nSPS) is 10.4. The Kier molecular flexibility index (Phi) is 2.76. The third-order valence-corrected chi connectivity index (χ3v) is 2.31. The molecule has 5 nitrogen and oxygen atoms in total. The van der Waals surface area contributed by atoms with Crippen LogP contribution in [0.15, 0.2) is 22.9 Å². The zero-order chi connectivity index (χ0) is 11.5. The van der Waals surface area contributed by atoms with Gasteiger partial charge in [0.05, 0.1) is 17.9 Å². The van der Waals surface area contributed by atoms with Gasteiger partial charge in [-0.15, -0.1) is 0 Å². The summed E-state index contributed by atoms with van der Waals surface area (Å²) in [5.41, 5.74) is 8.41. The number of nitrogens with one attached hydrogen (secondary N) is 1. The van der Waals surface area contributed by atoms with Gasteiger partial charge < -0.3 is 15.6 Å². The van der Waals surface area contributed by atoms with Crippen LogP contribution in [0.25, 0.3) is 0 Å². The minimum atomic E-state index is 0.529. The Morgan fingerprint density at radius 3 is 2.94 bits per heavy atom. The Labute approximate surface area is 93.7 Å². The van der Waals surface area contributed by atoms with Crippen LogP contribution in [0.1, 0.15) is 17.0 Å². The van der Waals surface area contributed by atoms with Crippen molar-refractivity contribution in [2.75, 3.05) is 11.1 Å². The van der Waals surface area contributed by atoms with Gasteiger partial charge in [0.1, 0.15) is 5.82 Å². The molecule has 0 saturated carbocycles. The van der Waals surface area contributed by atoms with Crippen LogP contribution in [0.5, 0.6) is 0 Å². The zero-order valence-corrected chi connectivity index (χ0v) is 9.32. The molecule has 0 atom stereocenters. The van der Waals surface area contributed by atoms with Crippen molar-refractivity contribution in [3.63, 3.8) is 0 Å². The topological polar surface area (TPSA) is 77.0 Å². The summed E-state index contributed by atoms with van der Waals surface area (Å²) in [6.45, 7) is 4.36. The lowest BCUT2D eigenvalue weighted by Crippen LogP contribution is -2.04. The maximum absolute atomic E-state index is 5.88. The van der Waals surface area contributed by atoms with Gasteiger partial charge >= 0.3 is 0 Å². The standard InChI is InChI=1S/C11H14N4O/c1-7-3-4-13-11(10(7)12)14-6-9-5-8(2)15-16-9/h3-5H,6,12H2,1-2H3,(H,13,14). The molecule has 0 fully saturated rings. The number of nitrogens with zero attached hydrogens (tertiary/aromatic N) is 2. The van der Waals surface area contributed by atoms with Crippen molar-refractivity contribution in [1.29, 1.82) is 0 Å². The molecule has 0 aliphatic carbocycles. The molecule has 2 aromatic heterocycles. The molecular formula is C11H14N4O. The highest BCUT2D eigenvalue weighted by molar-refractivity contribution is 5.64. The number of aryl methyl sites for hydroxylation is 2. The molecule has 2 heterocycles. The lowest BCUT2D eigenvalue weighted by atomic mass is 10.2. The second kappa shape index (κ2) is 4.22. The molecule has 0 aliphatic heterocycles. The maximum Gasteiger partial charge on any atom is 0.156 e. The number of hydrogen-bond acceptors (Lipinski definition) is 5. The molecular weight excluding hydrogens is 204 g/mol. The summed E-state index contributed by atoms with van der Waals surface area (Å²) in [6, 6.07) is 3.75. The molecule has 2 aromatic rings. The molecule has 0 aliphatic rings. The second-order valence-corrected chi connectivity index (χ2v) is 3.68. The van der Waals surface area contributed by atoms with Crippen LogP contribution in [0.4, 0.5) is 11.5 Å². The van der Waals surface area contributed by atoms with Crippen molar-refractivity contribution in [2.24, 2.45) is 0 Å². The first-order chi connectivity index (χ1) is 7.66. The van der Waals surface area contributed by atoms with E-state index in [9.17, 15) is 0 Å². The minimum absolute atomic E-state index is 0.529. The first-order valence-corrected chi connectivity index (χ1v) is 5.04. The number of anilines is 2. The van der Waals surface area contributed by atoms with E-state index in [-0.39, 0.29) is 0 Å². The Balaban J connectivity index is 2.07. The number of nitrogen functional groups attached to an aromatic ring is 1. The Bertz CT molecular complexity index is 492. The number of hydrogen-bond donors (Lipinski definition) is 2. The quantitative estimate of drug-likeness (QED) is 0.822. The molecule has 16 heavy (non-hydrogen) atoms. The van der Waals surface area contributed by atoms with Crippen LogP contribution in [0, 0.1) is 13.8 Å². The monoisotopic (exact) mass is 218 g/mol. The molecule has 5 heteroatoms. The van der Waals surface area contributed by atoms with E-state index >= 15 is 0 Å². The van der Waals surface area contributed by atoms with E-state index in [1.54, 1.807) is 6.20 Å². The Morgan fingerprint density at radius 1 is 1.44 bits per heavy atom. The lowest BCUT2D eigenvalue weighted by Gasteiger charge is -2.07. The molecule has 84 valence electrons. The summed E-state index contributed by atoms with van der Waals surface area (Å²) < 4.78 is 5.08. The van der Waals surface area contributed by atoms with E-state index in [2.05, 4.69) is 15.5 Å². The van der Waals surface area contributed by atoms with Gasteiger partial charge in [-0.3, -0.25) is 0 Å². The summed E-state index contributed by atoms with van der Waals surface area (Å²) in [5, 5.41) is 6.92. The summed E-state index contributed by atoms with van der Waals surface area (Å²) >= 11 is 0. The molecule has 0 radical (unpaired) electrons. The van der Waals surface area contributed by atoms with Crippen molar-refractivity contribution < 1.29 is 4.52 Å². The molecule has 0 saturated heterocycles. The third-order valence-electron chi connectivity index (χ3n) is 2.31. The fourth-order valence-electron chi connectivity index (χ4n) is 1.38. The Morgan fingerprint density at radius 2 is 2.25 bits per heavy atom. The van der Waals surface area contributed by atoms with E-state index in [0.717, 1.165) is 17.0 Å². The average molecular weight is 218 g/mol. The summed E-state index contributed by atoms with van der Waals surface area (Å²) in [6.07, 6.45) is 1.72. The zero-order valence-electron chi connectivity index (χ0n) is 9.32. The highest BCUT2D eigenvalue weighted by Gasteiger charge is 2.04. The molecule has 0 unspecified atom stereocenters. The average Bonchev–Trinajstić information content (AvgIpc) is 2.67. The van der Waals surface area contributed by atoms with Crippen LogP contribution in [-0.4, -0.2) is 10.1 Å². The molecule has 0 bridgehead atoms. The minimum Gasteiger partial charge on any atom is -0.396 e. The highest BCUT2D eigenvalue weighted by atomic mass is 16.5. The van der Waals surface area contributed by atoms with E-state index in [1.807, 2.05) is 26.0 Å². The van der Waals surface area contributed by atoms with Crippen molar-refractivity contribution >= 4 is 11.5 Å². The van der Waals surface area contributed by atoms with Gasteiger partial charge in [-0.25, -0.2) is 4.98 Å². The van der Waals surface area contributed by atoms with Crippen molar-refractivity contribution in [2.45, 2.75) is 20.4 Å². The molecule has 0 amide bonds. The van der Waals surface area contributed by atoms with E-state index in [1.165, 1.54) is 0 Å². The van der Waals surface area contributed by atoms with Gasteiger partial charge in [0.15, 0.2) is 5.76 Å². The first kappa shape index (κ1) is 10.5. The summed E-state index contributed by atoms with van der Waals surface area (Å²) in [5.74, 6) is 1.44. The number of rotatable bonds is 3. The smallest absolute Gasteiger partial charge is 0.156 e. The summed E-state index contributed by atoms with van der Waals surface area (Å²) in [4.78, 5) is 4.16. The van der Waals surface area contributed by atoms with Gasteiger partial charge in [0, 0.05) is 12.3 Å². The lowest BCUT2D eigenvalue weighted by molar-refractivity contribution is 0.384. The largest absolute Gasteiger partial charge is 0.396 e. The van der Waals surface area contributed by atoms with Crippen molar-refractivity contribution in [1.82, 2.24) is 10.1 Å². The highest BCUT2D eigenvalue weighted by Crippen LogP contribution is 2.19. The SMILES string of the molecule is Cc1cc(CNc2nccc(C)c2N)on1. The van der Waals surface area contributed by atoms with E-state index in [0.29, 0.717) is 18.1 Å². The fraction of sp³-hybridized carbons (Fsp3) is 0.273. The molecule has 0 aromatic carbocycles. The van der Waals surface area contributed by atoms with Crippen molar-refractivity contribution in [3.05, 3.63) is 35.3 Å². The predicted octanol–water partition coefficient (Wildman–Crippen LogP) is 1.88. The first-order valence-electron chi connectivity index (χ1n) is 5.04. The van der Waals surface area contributed by atoms with Crippen LogP contribution in [-0.2, 0) is 6.54 Å². The molecule has 0 spiro atoms. The van der Waals surface area contributed by atoms with Crippen LogP contribution < -0.4 is 11.1 Å². The molecule has 2 rings (SSSR count). The number of nitrogens with two attached hydrogens (primary N) is 1. The van der Waals surface area contributed by atoms with Crippen LogP contribution in [0.2, 0.25) is 0 Å². The van der Waals surface area contributed by atoms with Gasteiger partial charge in [-0.2, -0.15) is 0 Å². The van der Waals surface area contributed by atoms with Gasteiger partial charge in [-0.05, 0) is 25.5 Å². The van der Waals surface area contributed by atoms with Crippen LogP contribution >= 0.6 is 0 Å². The van der Waals surface area contributed by atoms with Crippen molar-refractivity contribution in [3.8, 4) is 0 Å². The number of pyridine rings is 1. The summed E-state index contributed by atoms with van der Waals surface area (Å²) in [7, 11) is 0. The van der Waals surface area contributed by atoms with E-state index in [4.69, 9.17) is 10.3 Å². The second-order valence-electron chi connectivity index (χ2n) is 3.68. The number of aromatic nitrogens is 2. The predicted molar refractivity (Wildman–Crippen MR) is 62.0 cm³/mol. The van der Waals surface area contributed by atoms with Crippen LogP contribution in [0.3, 0.4) is 0 Å². The Hall–Kier alpha value is -2.04. The third kappa shape index (κ3) is 2.13. The maximum atomic E-state index is 5.88. The molecule has 3 N–H and O–H groups in total. The van der Waals surface area contributed by atoms with E-state index < -0.39 is 0 Å². The van der Waals surface area contributed by atoms with Gasteiger partial charge in [0.25, 0.3) is 0 Å². The fourth-order valence-corrected chi connectivity index (χ4v) is 1.38. The van der Waals surface area contributed by atoms with Gasteiger partial charge in [-0.1, -0.05) is 5.16 Å². The van der Waals surface area contributed by atoms with Gasteiger partial charge in [0.2, 0.25) is 0 Å².